The van der Waals surface area contributed by atoms with Crippen molar-refractivity contribution >= 4 is 21.9 Å². The molecule has 0 radical (unpaired) electrons. The van der Waals surface area contributed by atoms with Gasteiger partial charge in [-0.2, -0.15) is 0 Å². The van der Waals surface area contributed by atoms with Gasteiger partial charge in [0.2, 0.25) is 0 Å². The Labute approximate surface area is 132 Å². The molecule has 118 valence electrons. The Morgan fingerprint density at radius 2 is 1.73 bits per heavy atom. The Bertz CT molecular complexity index is 615. The number of amidine groups is 1. The third kappa shape index (κ3) is 1.89. The lowest BCUT2D eigenvalue weighted by Gasteiger charge is -2.47. The number of hydrogen-bond donors (Lipinski definition) is 2. The second-order valence-electron chi connectivity index (χ2n) is 6.05. The van der Waals surface area contributed by atoms with Gasteiger partial charge in [-0.1, -0.05) is 18.2 Å². The van der Waals surface area contributed by atoms with Crippen molar-refractivity contribution in [2.75, 3.05) is 13.2 Å². The van der Waals surface area contributed by atoms with Crippen molar-refractivity contribution in [2.45, 2.75) is 41.5 Å². The first kappa shape index (κ1) is 14.3. The second kappa shape index (κ2) is 5.41. The molecule has 2 atom stereocenters. The van der Waals surface area contributed by atoms with E-state index in [1.165, 1.54) is 10.5 Å². The number of fused-ring (bicyclic) bond motifs is 1. The monoisotopic (exact) mass is 318 g/mol. The smallest absolute Gasteiger partial charge is 0.128 e. The van der Waals surface area contributed by atoms with E-state index >= 15 is 0 Å². The molecule has 2 unspecified atom stereocenters. The van der Waals surface area contributed by atoms with E-state index in [1.54, 1.807) is 0 Å². The van der Waals surface area contributed by atoms with Gasteiger partial charge in [0.25, 0.3) is 0 Å². The van der Waals surface area contributed by atoms with Crippen LogP contribution in [0.1, 0.15) is 31.2 Å². The number of ether oxygens (including phenoxy) is 2. The minimum atomic E-state index is -1.55. The summed E-state index contributed by atoms with van der Waals surface area (Å²) >= 11 is 0. The van der Waals surface area contributed by atoms with Crippen LogP contribution < -0.4 is 5.73 Å². The summed E-state index contributed by atoms with van der Waals surface area (Å²) in [5.41, 5.74) is 7.47. The zero-order chi connectivity index (χ0) is 15.2. The van der Waals surface area contributed by atoms with E-state index < -0.39 is 10.0 Å². The highest BCUT2D eigenvalue weighted by Gasteiger charge is 2.52. The van der Waals surface area contributed by atoms with Gasteiger partial charge in [-0.05, 0) is 43.4 Å². The maximum Gasteiger partial charge on any atom is 0.128 e. The van der Waals surface area contributed by atoms with Gasteiger partial charge in [-0.3, -0.25) is 5.41 Å². The molecule has 0 aromatic heterocycles. The first-order valence-corrected chi connectivity index (χ1v) is 9.70. The van der Waals surface area contributed by atoms with Gasteiger partial charge in [0.05, 0.1) is 10.9 Å². The molecule has 0 bridgehead atoms. The summed E-state index contributed by atoms with van der Waals surface area (Å²) < 4.78 is 12.3. The molecular weight excluding hydrogens is 296 g/mol. The largest absolute Gasteiger partial charge is 0.383 e. The van der Waals surface area contributed by atoms with Crippen LogP contribution in [0.2, 0.25) is 0 Å². The molecule has 0 saturated carbocycles. The highest BCUT2D eigenvalue weighted by molar-refractivity contribution is 8.38. The Hall–Kier alpha value is -1.30. The van der Waals surface area contributed by atoms with Gasteiger partial charge in [0.15, 0.2) is 0 Å². The van der Waals surface area contributed by atoms with E-state index in [0.29, 0.717) is 0 Å². The van der Waals surface area contributed by atoms with Gasteiger partial charge in [-0.25, -0.2) is 0 Å². The number of rotatable bonds is 3. The summed E-state index contributed by atoms with van der Waals surface area (Å²) in [6.07, 6.45) is 6.34. The van der Waals surface area contributed by atoms with Crippen molar-refractivity contribution in [1.29, 1.82) is 5.41 Å². The molecule has 22 heavy (non-hydrogen) atoms. The number of hydrogen-bond acceptors (Lipinski definition) is 3. The van der Waals surface area contributed by atoms with Crippen molar-refractivity contribution in [3.05, 3.63) is 34.7 Å². The fourth-order valence-electron chi connectivity index (χ4n) is 3.94. The third-order valence-electron chi connectivity index (χ3n) is 4.80. The third-order valence-corrected chi connectivity index (χ3v) is 9.37. The standard InChI is InChI=1S/C17H22N2O2S/c18-17(19)14-11-12-5-1-2-6-13(12)22(14,15-7-3-9-20-15)16-8-4-10-21-16/h1-2,5-6,11,15-16H,3-4,7-10H2,(H3,18,19). The number of benzene rings is 1. The first-order chi connectivity index (χ1) is 10.7. The summed E-state index contributed by atoms with van der Waals surface area (Å²) in [4.78, 5) is 2.27. The fraction of sp³-hybridized carbons (Fsp3) is 0.471. The van der Waals surface area contributed by atoms with Crippen molar-refractivity contribution in [3.63, 3.8) is 0 Å². The lowest BCUT2D eigenvalue weighted by atomic mass is 10.2. The molecule has 0 aliphatic carbocycles. The van der Waals surface area contributed by atoms with Crippen molar-refractivity contribution in [2.24, 2.45) is 5.73 Å². The quantitative estimate of drug-likeness (QED) is 0.663. The van der Waals surface area contributed by atoms with Crippen LogP contribution in [0.15, 0.2) is 34.1 Å². The number of nitrogens with two attached hydrogens (primary N) is 1. The molecule has 2 saturated heterocycles. The van der Waals surface area contributed by atoms with E-state index in [-0.39, 0.29) is 16.7 Å². The summed E-state index contributed by atoms with van der Waals surface area (Å²) in [7, 11) is -1.55. The maximum atomic E-state index is 8.17. The van der Waals surface area contributed by atoms with Gasteiger partial charge < -0.3 is 15.2 Å². The highest BCUT2D eigenvalue weighted by atomic mass is 32.3. The Balaban J connectivity index is 1.93. The Kier molecular flexibility index (Phi) is 3.51. The molecule has 4 nitrogen and oxygen atoms in total. The topological polar surface area (TPSA) is 68.3 Å². The molecule has 3 aliphatic rings. The molecule has 4 rings (SSSR count). The Morgan fingerprint density at radius 1 is 1.09 bits per heavy atom. The lowest BCUT2D eigenvalue weighted by molar-refractivity contribution is 0.147. The molecule has 0 amide bonds. The van der Waals surface area contributed by atoms with Crippen LogP contribution in [0.25, 0.3) is 6.08 Å². The van der Waals surface area contributed by atoms with Gasteiger partial charge in [0.1, 0.15) is 5.84 Å². The van der Waals surface area contributed by atoms with Crippen LogP contribution in [-0.4, -0.2) is 29.9 Å². The average Bonchev–Trinajstić information content (AvgIpc) is 3.25. The molecule has 3 heterocycles. The van der Waals surface area contributed by atoms with Gasteiger partial charge >= 0.3 is 0 Å². The van der Waals surface area contributed by atoms with Crippen LogP contribution in [0, 0.1) is 5.41 Å². The summed E-state index contributed by atoms with van der Waals surface area (Å²) in [6, 6.07) is 8.45. The van der Waals surface area contributed by atoms with Crippen LogP contribution in [0.5, 0.6) is 0 Å². The molecule has 5 heteroatoms. The van der Waals surface area contributed by atoms with Gasteiger partial charge in [-0.15, -0.1) is 10.0 Å². The average molecular weight is 318 g/mol. The summed E-state index contributed by atoms with van der Waals surface area (Å²) in [5, 5.41) is 8.17. The SMILES string of the molecule is N=C(N)C1=Cc2ccccc2S1(C1CCCO1)C1CCCO1. The number of nitrogens with one attached hydrogen (secondary N) is 1. The van der Waals surface area contributed by atoms with E-state index in [1.807, 2.05) is 6.07 Å². The zero-order valence-electron chi connectivity index (χ0n) is 12.6. The molecule has 1 aromatic rings. The minimum Gasteiger partial charge on any atom is -0.383 e. The van der Waals surface area contributed by atoms with E-state index in [2.05, 4.69) is 24.3 Å². The van der Waals surface area contributed by atoms with E-state index in [4.69, 9.17) is 20.6 Å². The summed E-state index contributed by atoms with van der Waals surface area (Å²) in [5.74, 6) is 0.178. The lowest BCUT2D eigenvalue weighted by Crippen LogP contribution is -2.32. The fourth-order valence-corrected chi connectivity index (χ4v) is 8.86. The maximum absolute atomic E-state index is 8.17. The zero-order valence-corrected chi connectivity index (χ0v) is 13.4. The minimum absolute atomic E-state index is 0.134. The molecule has 0 spiro atoms. The highest BCUT2D eigenvalue weighted by Crippen LogP contribution is 2.76. The Morgan fingerprint density at radius 3 is 2.27 bits per heavy atom. The van der Waals surface area contributed by atoms with Gasteiger partial charge in [0, 0.05) is 23.0 Å². The summed E-state index contributed by atoms with van der Waals surface area (Å²) in [6.45, 7) is 1.61. The molecule has 3 aliphatic heterocycles. The van der Waals surface area contributed by atoms with E-state index in [9.17, 15) is 0 Å². The van der Waals surface area contributed by atoms with Crippen molar-refractivity contribution in [3.8, 4) is 0 Å². The predicted octanol–water partition coefficient (Wildman–Crippen LogP) is 3.41. The van der Waals surface area contributed by atoms with Crippen LogP contribution in [0.3, 0.4) is 0 Å². The molecule has 2 fully saturated rings. The molecule has 1 aromatic carbocycles. The van der Waals surface area contributed by atoms with Crippen LogP contribution >= 0.6 is 10.0 Å². The van der Waals surface area contributed by atoms with Crippen molar-refractivity contribution in [1.82, 2.24) is 0 Å². The normalized spacial score (nSPS) is 36.6. The molecular formula is C17H22N2O2S. The molecule has 3 N–H and O–H groups in total. The second-order valence-corrected chi connectivity index (χ2v) is 9.41. The van der Waals surface area contributed by atoms with E-state index in [0.717, 1.165) is 43.8 Å². The predicted molar refractivity (Wildman–Crippen MR) is 90.1 cm³/mol. The van der Waals surface area contributed by atoms with Crippen LogP contribution in [-0.2, 0) is 9.47 Å². The van der Waals surface area contributed by atoms with Crippen molar-refractivity contribution < 1.29 is 9.47 Å². The first-order valence-electron chi connectivity index (χ1n) is 7.94. The van der Waals surface area contributed by atoms with Crippen LogP contribution in [0.4, 0.5) is 0 Å².